The molecule has 1 aliphatic rings. The average molecular weight is 424 g/mol. The number of cyclic esters (lactones) is 1. The van der Waals surface area contributed by atoms with Crippen LogP contribution in [0.3, 0.4) is 0 Å². The van der Waals surface area contributed by atoms with E-state index in [0.717, 1.165) is 19.4 Å². The van der Waals surface area contributed by atoms with Crippen molar-refractivity contribution in [1.29, 1.82) is 0 Å². The Kier molecular flexibility index (Phi) is 18.4. The van der Waals surface area contributed by atoms with Crippen LogP contribution in [0.2, 0.25) is 0 Å². The SMILES string of the molecule is CCCCCCCCCCCCC1COC(=O)N1CCCCCCCCCCCC. The Morgan fingerprint density at radius 2 is 1.03 bits per heavy atom. The summed E-state index contributed by atoms with van der Waals surface area (Å²) in [5.41, 5.74) is 0. The molecule has 30 heavy (non-hydrogen) atoms. The molecule has 1 unspecified atom stereocenters. The number of rotatable bonds is 22. The lowest BCUT2D eigenvalue weighted by Crippen LogP contribution is -2.34. The van der Waals surface area contributed by atoms with Gasteiger partial charge in [0.2, 0.25) is 0 Å². The molecule has 0 saturated carbocycles. The molecule has 1 rings (SSSR count). The number of unbranched alkanes of at least 4 members (excludes halogenated alkanes) is 18. The van der Waals surface area contributed by atoms with E-state index in [1.807, 2.05) is 4.90 Å². The summed E-state index contributed by atoms with van der Waals surface area (Å²) < 4.78 is 5.35. The third-order valence-corrected chi connectivity index (χ3v) is 6.72. The Balaban J connectivity index is 1.96. The topological polar surface area (TPSA) is 29.5 Å². The van der Waals surface area contributed by atoms with E-state index in [4.69, 9.17) is 4.74 Å². The van der Waals surface area contributed by atoms with E-state index < -0.39 is 0 Å². The van der Waals surface area contributed by atoms with Crippen molar-refractivity contribution in [3.8, 4) is 0 Å². The summed E-state index contributed by atoms with van der Waals surface area (Å²) in [6.07, 6.45) is 28.1. The largest absolute Gasteiger partial charge is 0.447 e. The fraction of sp³-hybridized carbons (Fsp3) is 0.963. The van der Waals surface area contributed by atoms with Crippen molar-refractivity contribution in [1.82, 2.24) is 4.90 Å². The van der Waals surface area contributed by atoms with Gasteiger partial charge in [0.05, 0.1) is 6.04 Å². The highest BCUT2D eigenvalue weighted by Crippen LogP contribution is 2.20. The van der Waals surface area contributed by atoms with Crippen LogP contribution in [-0.2, 0) is 4.74 Å². The fourth-order valence-electron chi connectivity index (χ4n) is 4.64. The zero-order valence-electron chi connectivity index (χ0n) is 20.6. The standard InChI is InChI=1S/C27H53NO2/c1-3-5-7-9-11-13-15-17-19-21-23-26-25-30-27(29)28(26)24-22-20-18-16-14-12-10-8-6-4-2/h26H,3-25H2,1-2H3. The normalized spacial score (nSPS) is 16.4. The predicted octanol–water partition coefficient (Wildman–Crippen LogP) is 9.04. The van der Waals surface area contributed by atoms with Gasteiger partial charge in [-0.05, 0) is 12.8 Å². The highest BCUT2D eigenvalue weighted by Gasteiger charge is 2.31. The summed E-state index contributed by atoms with van der Waals surface area (Å²) in [4.78, 5) is 14.1. The maximum atomic E-state index is 12.1. The first-order valence-corrected chi connectivity index (χ1v) is 13.7. The van der Waals surface area contributed by atoms with Crippen molar-refractivity contribution in [2.75, 3.05) is 13.2 Å². The van der Waals surface area contributed by atoms with E-state index in [0.29, 0.717) is 12.6 Å². The van der Waals surface area contributed by atoms with Crippen molar-refractivity contribution >= 4 is 6.09 Å². The number of hydrogen-bond acceptors (Lipinski definition) is 2. The molecular formula is C27H53NO2. The first-order chi connectivity index (χ1) is 14.8. The van der Waals surface area contributed by atoms with E-state index in [1.54, 1.807) is 0 Å². The molecule has 0 aromatic rings. The summed E-state index contributed by atoms with van der Waals surface area (Å²) in [5.74, 6) is 0. The van der Waals surface area contributed by atoms with E-state index in [2.05, 4.69) is 13.8 Å². The van der Waals surface area contributed by atoms with Gasteiger partial charge in [-0.3, -0.25) is 0 Å². The Morgan fingerprint density at radius 3 is 1.50 bits per heavy atom. The molecule has 0 aliphatic carbocycles. The Hall–Kier alpha value is -0.730. The van der Waals surface area contributed by atoms with Gasteiger partial charge >= 0.3 is 6.09 Å². The molecule has 0 N–H and O–H groups in total. The zero-order chi connectivity index (χ0) is 21.7. The monoisotopic (exact) mass is 423 g/mol. The van der Waals surface area contributed by atoms with Crippen LogP contribution in [0, 0.1) is 0 Å². The van der Waals surface area contributed by atoms with Crippen molar-refractivity contribution in [3.05, 3.63) is 0 Å². The number of ether oxygens (including phenoxy) is 1. The molecule has 3 heteroatoms. The van der Waals surface area contributed by atoms with Crippen LogP contribution in [-0.4, -0.2) is 30.2 Å². The summed E-state index contributed by atoms with van der Waals surface area (Å²) in [6, 6.07) is 0.338. The molecule has 1 fully saturated rings. The van der Waals surface area contributed by atoms with Crippen molar-refractivity contribution in [2.45, 2.75) is 155 Å². The maximum Gasteiger partial charge on any atom is 0.410 e. The van der Waals surface area contributed by atoms with Gasteiger partial charge in [0.1, 0.15) is 6.61 Å². The highest BCUT2D eigenvalue weighted by atomic mass is 16.6. The third kappa shape index (κ3) is 14.3. The molecule has 1 atom stereocenters. The second-order valence-corrected chi connectivity index (χ2v) is 9.58. The van der Waals surface area contributed by atoms with Gasteiger partial charge < -0.3 is 9.64 Å². The van der Waals surface area contributed by atoms with Crippen LogP contribution < -0.4 is 0 Å². The number of carbonyl (C=O) groups excluding carboxylic acids is 1. The van der Waals surface area contributed by atoms with Crippen LogP contribution in [0.1, 0.15) is 149 Å². The van der Waals surface area contributed by atoms with Gasteiger partial charge in [-0.1, -0.05) is 136 Å². The molecule has 0 spiro atoms. The number of hydrogen-bond donors (Lipinski definition) is 0. The lowest BCUT2D eigenvalue weighted by Gasteiger charge is -2.21. The highest BCUT2D eigenvalue weighted by molar-refractivity contribution is 5.70. The van der Waals surface area contributed by atoms with E-state index >= 15 is 0 Å². The van der Waals surface area contributed by atoms with E-state index in [9.17, 15) is 4.79 Å². The summed E-state index contributed by atoms with van der Waals surface area (Å²) in [7, 11) is 0. The van der Waals surface area contributed by atoms with Crippen LogP contribution >= 0.6 is 0 Å². The lowest BCUT2D eigenvalue weighted by atomic mass is 10.0. The number of nitrogens with zero attached hydrogens (tertiary/aromatic N) is 1. The third-order valence-electron chi connectivity index (χ3n) is 6.72. The summed E-state index contributed by atoms with van der Waals surface area (Å²) in [6.45, 7) is 6.07. The second-order valence-electron chi connectivity index (χ2n) is 9.58. The first-order valence-electron chi connectivity index (χ1n) is 13.7. The molecule has 0 aromatic heterocycles. The molecule has 178 valence electrons. The lowest BCUT2D eigenvalue weighted by molar-refractivity contribution is 0.157. The summed E-state index contributed by atoms with van der Waals surface area (Å²) >= 11 is 0. The summed E-state index contributed by atoms with van der Waals surface area (Å²) in [5, 5.41) is 0. The van der Waals surface area contributed by atoms with Gasteiger partial charge in [-0.25, -0.2) is 4.79 Å². The Labute approximate surface area is 188 Å². The zero-order valence-corrected chi connectivity index (χ0v) is 20.6. The number of amides is 1. The van der Waals surface area contributed by atoms with Gasteiger partial charge in [0, 0.05) is 6.54 Å². The van der Waals surface area contributed by atoms with E-state index in [-0.39, 0.29) is 6.09 Å². The van der Waals surface area contributed by atoms with Gasteiger partial charge in [-0.15, -0.1) is 0 Å². The Bertz CT molecular complexity index is 385. The maximum absolute atomic E-state index is 12.1. The van der Waals surface area contributed by atoms with Gasteiger partial charge in [0.25, 0.3) is 0 Å². The molecule has 1 aliphatic heterocycles. The molecular weight excluding hydrogens is 370 g/mol. The molecule has 1 saturated heterocycles. The molecule has 1 amide bonds. The smallest absolute Gasteiger partial charge is 0.410 e. The average Bonchev–Trinajstić information content (AvgIpc) is 3.10. The van der Waals surface area contributed by atoms with Crippen molar-refractivity contribution in [3.63, 3.8) is 0 Å². The second kappa shape index (κ2) is 20.2. The van der Waals surface area contributed by atoms with E-state index in [1.165, 1.54) is 122 Å². The number of carbonyl (C=O) groups is 1. The van der Waals surface area contributed by atoms with Gasteiger partial charge in [-0.2, -0.15) is 0 Å². The minimum absolute atomic E-state index is 0.0667. The van der Waals surface area contributed by atoms with Crippen LogP contribution in [0.5, 0.6) is 0 Å². The quantitative estimate of drug-likeness (QED) is 0.162. The minimum Gasteiger partial charge on any atom is -0.447 e. The molecule has 0 radical (unpaired) electrons. The Morgan fingerprint density at radius 1 is 0.633 bits per heavy atom. The van der Waals surface area contributed by atoms with Crippen LogP contribution in [0.15, 0.2) is 0 Å². The van der Waals surface area contributed by atoms with Crippen molar-refractivity contribution < 1.29 is 9.53 Å². The van der Waals surface area contributed by atoms with Gasteiger partial charge in [0.15, 0.2) is 0 Å². The molecule has 1 heterocycles. The molecule has 0 aromatic carbocycles. The minimum atomic E-state index is -0.0667. The van der Waals surface area contributed by atoms with Crippen LogP contribution in [0.4, 0.5) is 4.79 Å². The molecule has 3 nitrogen and oxygen atoms in total. The van der Waals surface area contributed by atoms with Crippen molar-refractivity contribution in [2.24, 2.45) is 0 Å². The first kappa shape index (κ1) is 27.3. The molecule has 0 bridgehead atoms. The fourth-order valence-corrected chi connectivity index (χ4v) is 4.64. The van der Waals surface area contributed by atoms with Crippen LogP contribution in [0.25, 0.3) is 0 Å². The predicted molar refractivity (Wildman–Crippen MR) is 130 cm³/mol.